The highest BCUT2D eigenvalue weighted by atomic mass is 32.2. The fourth-order valence-electron chi connectivity index (χ4n) is 4.34. The second kappa shape index (κ2) is 12.1. The number of aromatic nitrogens is 3. The summed E-state index contributed by atoms with van der Waals surface area (Å²) in [6.07, 6.45) is -11.1. The summed E-state index contributed by atoms with van der Waals surface area (Å²) in [5.41, 5.74) is 2.31. The normalized spacial score (nSPS) is 11.9. The molecule has 0 bridgehead atoms. The van der Waals surface area contributed by atoms with E-state index in [1.807, 2.05) is 49.4 Å². The molecule has 2 aromatic heterocycles. The highest BCUT2D eigenvalue weighted by Crippen LogP contribution is 2.37. The van der Waals surface area contributed by atoms with Gasteiger partial charge in [-0.15, -0.1) is 16.9 Å². The number of benzene rings is 3. The van der Waals surface area contributed by atoms with Gasteiger partial charge in [-0.1, -0.05) is 54.1 Å². The lowest BCUT2D eigenvalue weighted by atomic mass is 10.0. The number of thioether (sulfide) groups is 1. The van der Waals surface area contributed by atoms with Crippen LogP contribution in [0.3, 0.4) is 0 Å². The average molecular weight is 630 g/mol. The summed E-state index contributed by atoms with van der Waals surface area (Å²) < 4.78 is 84.7. The minimum Gasteiger partial charge on any atom is -0.449 e. The van der Waals surface area contributed by atoms with Crippen molar-refractivity contribution in [3.8, 4) is 34.1 Å². The zero-order valence-electron chi connectivity index (χ0n) is 22.6. The minimum atomic E-state index is -4.86. The van der Waals surface area contributed by atoms with Crippen LogP contribution in [0.2, 0.25) is 0 Å². The number of pyridine rings is 1. The molecule has 5 aromatic rings. The van der Waals surface area contributed by atoms with Crippen molar-refractivity contribution in [2.45, 2.75) is 29.9 Å². The van der Waals surface area contributed by atoms with Crippen LogP contribution in [-0.4, -0.2) is 26.0 Å². The number of ether oxygens (including phenoxy) is 1. The van der Waals surface area contributed by atoms with Crippen LogP contribution in [0, 0.1) is 6.92 Å². The number of carboxylic acid groups (broad SMARTS) is 1. The van der Waals surface area contributed by atoms with Crippen molar-refractivity contribution >= 4 is 17.9 Å². The third-order valence-electron chi connectivity index (χ3n) is 6.43. The highest BCUT2D eigenvalue weighted by molar-refractivity contribution is 7.98. The number of hydrogen-bond acceptors (Lipinski definition) is 5. The second-order valence-corrected chi connectivity index (χ2v) is 10.6. The number of nitrogens with zero attached hydrogens (tertiary/aromatic N) is 3. The van der Waals surface area contributed by atoms with E-state index in [2.05, 4.69) is 14.8 Å². The van der Waals surface area contributed by atoms with Crippen molar-refractivity contribution in [1.29, 1.82) is 0 Å². The number of aryl methyl sites for hydroxylation is 1. The van der Waals surface area contributed by atoms with Crippen LogP contribution in [0.25, 0.3) is 28.2 Å². The number of halogens is 6. The van der Waals surface area contributed by atoms with Crippen LogP contribution in [0.15, 0.2) is 95.9 Å². The number of alkyl halides is 6. The molecule has 3 aromatic carbocycles. The molecular weight excluding hydrogens is 608 g/mol. The molecule has 13 heteroatoms. The third kappa shape index (κ3) is 7.05. The van der Waals surface area contributed by atoms with Crippen LogP contribution in [0.5, 0.6) is 5.88 Å². The molecule has 0 unspecified atom stereocenters. The van der Waals surface area contributed by atoms with Crippen molar-refractivity contribution in [2.24, 2.45) is 0 Å². The molecule has 0 atom stereocenters. The number of carbonyl (C=O) groups is 1. The smallest absolute Gasteiger partial charge is 0.449 e. The maximum absolute atomic E-state index is 13.7. The Labute approximate surface area is 250 Å². The van der Waals surface area contributed by atoms with Gasteiger partial charge in [-0.25, -0.2) is 14.5 Å². The fraction of sp³-hybridized carbons (Fsp3) is 0.129. The van der Waals surface area contributed by atoms with Crippen LogP contribution in [-0.2, 0) is 18.1 Å². The van der Waals surface area contributed by atoms with Crippen LogP contribution >= 0.6 is 11.8 Å². The maximum Gasteiger partial charge on any atom is 0.512 e. The Morgan fingerprint density at radius 3 is 2.14 bits per heavy atom. The molecular formula is C31H21F6N3O3S. The standard InChI is InChI=1S/C31H21F6N3O3S/c1-18-5-14-25(44-17-19-6-8-20(9-7-19)21-10-12-22(13-11-21)30(32,33)34)23(15-18)24-3-2-4-27(38-24)40-26(31(35,36)37)16-28(39-40)43-29(41)42/h2-16H,17H2,1H3,(H,41,42). The SMILES string of the molecule is Cc1ccc(SCc2ccc(-c3ccc(C(F)(F)F)cc3)cc2)c(-c2cccc(-n3nc(OC(=O)O)cc3C(F)(F)F)n2)c1. The molecule has 2 heterocycles. The molecule has 0 amide bonds. The zero-order valence-corrected chi connectivity index (χ0v) is 23.5. The van der Waals surface area contributed by atoms with E-state index in [-0.39, 0.29) is 5.82 Å². The van der Waals surface area contributed by atoms with E-state index < -0.39 is 35.6 Å². The molecule has 0 spiro atoms. The Morgan fingerprint density at radius 2 is 1.52 bits per heavy atom. The lowest BCUT2D eigenvalue weighted by Gasteiger charge is -2.13. The molecule has 6 nitrogen and oxygen atoms in total. The van der Waals surface area contributed by atoms with Crippen molar-refractivity contribution in [3.05, 3.63) is 113 Å². The van der Waals surface area contributed by atoms with Crippen molar-refractivity contribution in [3.63, 3.8) is 0 Å². The van der Waals surface area contributed by atoms with Gasteiger partial charge in [0.2, 0.25) is 5.88 Å². The second-order valence-electron chi connectivity index (χ2n) is 9.59. The highest BCUT2D eigenvalue weighted by Gasteiger charge is 2.37. The van der Waals surface area contributed by atoms with E-state index in [0.29, 0.717) is 33.3 Å². The Morgan fingerprint density at radius 1 is 0.864 bits per heavy atom. The summed E-state index contributed by atoms with van der Waals surface area (Å²) >= 11 is 1.48. The first-order valence-electron chi connectivity index (χ1n) is 12.8. The quantitative estimate of drug-likeness (QED) is 0.110. The predicted octanol–water partition coefficient (Wildman–Crippen LogP) is 9.30. The lowest BCUT2D eigenvalue weighted by Crippen LogP contribution is -2.14. The number of hydrogen-bond donors (Lipinski definition) is 1. The van der Waals surface area contributed by atoms with Gasteiger partial charge in [-0.05, 0) is 60.0 Å². The molecule has 0 aliphatic rings. The van der Waals surface area contributed by atoms with Gasteiger partial charge in [0.05, 0.1) is 11.3 Å². The van der Waals surface area contributed by atoms with E-state index in [1.54, 1.807) is 6.07 Å². The van der Waals surface area contributed by atoms with Gasteiger partial charge in [0.1, 0.15) is 0 Å². The summed E-state index contributed by atoms with van der Waals surface area (Å²) in [6, 6.07) is 22.9. The van der Waals surface area contributed by atoms with Gasteiger partial charge in [0.25, 0.3) is 0 Å². The Kier molecular flexibility index (Phi) is 8.42. The van der Waals surface area contributed by atoms with Crippen molar-refractivity contribution in [2.75, 3.05) is 0 Å². The molecule has 44 heavy (non-hydrogen) atoms. The molecule has 5 rings (SSSR count). The van der Waals surface area contributed by atoms with E-state index in [9.17, 15) is 31.1 Å². The molecule has 226 valence electrons. The molecule has 0 fully saturated rings. The van der Waals surface area contributed by atoms with Gasteiger partial charge < -0.3 is 9.84 Å². The molecule has 0 aliphatic heterocycles. The Bertz CT molecular complexity index is 1800. The fourth-order valence-corrected chi connectivity index (χ4v) is 5.34. The summed E-state index contributed by atoms with van der Waals surface area (Å²) in [5, 5.41) is 12.5. The first kappa shape index (κ1) is 30.7. The van der Waals surface area contributed by atoms with E-state index in [0.717, 1.165) is 33.7 Å². The third-order valence-corrected chi connectivity index (χ3v) is 7.57. The van der Waals surface area contributed by atoms with Crippen molar-refractivity contribution in [1.82, 2.24) is 14.8 Å². The number of rotatable bonds is 7. The van der Waals surface area contributed by atoms with Gasteiger partial charge in [0, 0.05) is 22.3 Å². The lowest BCUT2D eigenvalue weighted by molar-refractivity contribution is -0.143. The van der Waals surface area contributed by atoms with Crippen LogP contribution < -0.4 is 4.74 Å². The minimum absolute atomic E-state index is 0.189. The van der Waals surface area contributed by atoms with Gasteiger partial charge >= 0.3 is 18.5 Å². The largest absolute Gasteiger partial charge is 0.512 e. The van der Waals surface area contributed by atoms with Crippen molar-refractivity contribution < 1.29 is 41.0 Å². The van der Waals surface area contributed by atoms with E-state index >= 15 is 0 Å². The summed E-state index contributed by atoms with van der Waals surface area (Å²) in [7, 11) is 0. The van der Waals surface area contributed by atoms with E-state index in [1.165, 1.54) is 36.0 Å². The first-order valence-corrected chi connectivity index (χ1v) is 13.8. The molecule has 0 aliphatic carbocycles. The maximum atomic E-state index is 13.7. The zero-order chi connectivity index (χ0) is 31.6. The monoisotopic (exact) mass is 629 g/mol. The Balaban J connectivity index is 1.39. The van der Waals surface area contributed by atoms with Gasteiger partial charge in [-0.3, -0.25) is 0 Å². The predicted molar refractivity (Wildman–Crippen MR) is 152 cm³/mol. The average Bonchev–Trinajstić information content (AvgIpc) is 3.40. The molecule has 0 radical (unpaired) electrons. The summed E-state index contributed by atoms with van der Waals surface area (Å²) in [4.78, 5) is 16.1. The topological polar surface area (TPSA) is 77.2 Å². The van der Waals surface area contributed by atoms with Crippen LogP contribution in [0.1, 0.15) is 22.4 Å². The first-order chi connectivity index (χ1) is 20.8. The Hall–Kier alpha value is -4.78. The van der Waals surface area contributed by atoms with Gasteiger partial charge in [-0.2, -0.15) is 26.3 Å². The van der Waals surface area contributed by atoms with Crippen LogP contribution in [0.4, 0.5) is 31.1 Å². The van der Waals surface area contributed by atoms with E-state index in [4.69, 9.17) is 5.11 Å². The molecule has 0 saturated carbocycles. The molecule has 0 saturated heterocycles. The summed E-state index contributed by atoms with van der Waals surface area (Å²) in [5.74, 6) is -0.407. The summed E-state index contributed by atoms with van der Waals surface area (Å²) in [6.45, 7) is 1.87. The molecule has 1 N–H and O–H groups in total. The van der Waals surface area contributed by atoms with Gasteiger partial charge in [0.15, 0.2) is 11.5 Å².